The van der Waals surface area contributed by atoms with E-state index in [0.717, 1.165) is 22.5 Å². The van der Waals surface area contributed by atoms with Gasteiger partial charge in [0.05, 0.1) is 0 Å². The lowest BCUT2D eigenvalue weighted by atomic mass is 10.1. The number of rotatable bonds is 5. The minimum absolute atomic E-state index is 0.104. The third-order valence-corrected chi connectivity index (χ3v) is 4.64. The van der Waals surface area contributed by atoms with Gasteiger partial charge in [-0.3, -0.25) is 14.6 Å². The fourth-order valence-corrected chi connectivity index (χ4v) is 3.36. The van der Waals surface area contributed by atoms with E-state index >= 15 is 0 Å². The molecule has 130 valence electrons. The second-order valence-electron chi connectivity index (χ2n) is 6.43. The van der Waals surface area contributed by atoms with Gasteiger partial charge in [-0.25, -0.2) is 0 Å². The van der Waals surface area contributed by atoms with Crippen LogP contribution >= 0.6 is 0 Å². The fourth-order valence-electron chi connectivity index (χ4n) is 3.36. The number of para-hydroxylation sites is 1. The van der Waals surface area contributed by atoms with Crippen molar-refractivity contribution in [3.05, 3.63) is 59.4 Å². The summed E-state index contributed by atoms with van der Waals surface area (Å²) in [5, 5.41) is 2.88. The molecule has 1 unspecified atom stereocenters. The van der Waals surface area contributed by atoms with Gasteiger partial charge in [-0.05, 0) is 43.5 Å². The Kier molecular flexibility index (Phi) is 5.12. The van der Waals surface area contributed by atoms with Crippen LogP contribution in [0.2, 0.25) is 0 Å². The van der Waals surface area contributed by atoms with Gasteiger partial charge in [0, 0.05) is 37.1 Å². The number of pyridine rings is 1. The number of nitrogens with one attached hydrogen (secondary N) is 1. The fraction of sp³-hybridized carbons (Fsp3) is 0.350. The molecule has 1 atom stereocenters. The number of aromatic nitrogens is 1. The van der Waals surface area contributed by atoms with E-state index in [2.05, 4.69) is 10.3 Å². The molecule has 1 aliphatic heterocycles. The zero-order chi connectivity index (χ0) is 17.8. The van der Waals surface area contributed by atoms with Gasteiger partial charge in [-0.2, -0.15) is 0 Å². The van der Waals surface area contributed by atoms with Crippen LogP contribution in [0.1, 0.15) is 23.2 Å². The highest BCUT2D eigenvalue weighted by molar-refractivity contribution is 6.10. The second kappa shape index (κ2) is 7.47. The van der Waals surface area contributed by atoms with Gasteiger partial charge >= 0.3 is 0 Å². The van der Waals surface area contributed by atoms with E-state index in [1.54, 1.807) is 11.1 Å². The third kappa shape index (κ3) is 3.71. The summed E-state index contributed by atoms with van der Waals surface area (Å²) in [4.78, 5) is 31.1. The molecule has 0 bridgehead atoms. The molecule has 3 rings (SSSR count). The van der Waals surface area contributed by atoms with E-state index in [9.17, 15) is 9.59 Å². The summed E-state index contributed by atoms with van der Waals surface area (Å²) in [5.74, 6) is -0.884. The number of benzene rings is 1. The molecule has 1 saturated heterocycles. The molecule has 0 aliphatic carbocycles. The number of nitrogens with zero attached hydrogens (tertiary/aromatic N) is 2. The smallest absolute Gasteiger partial charge is 0.239 e. The molecule has 25 heavy (non-hydrogen) atoms. The molecule has 0 saturated carbocycles. The zero-order valence-electron chi connectivity index (χ0n) is 14.7. The van der Waals surface area contributed by atoms with Crippen molar-refractivity contribution in [3.8, 4) is 0 Å². The number of hydrogen-bond donors (Lipinski definition) is 1. The summed E-state index contributed by atoms with van der Waals surface area (Å²) in [6.07, 6.45) is 2.95. The predicted molar refractivity (Wildman–Crippen MR) is 97.3 cm³/mol. The monoisotopic (exact) mass is 337 g/mol. The number of amides is 2. The van der Waals surface area contributed by atoms with Crippen LogP contribution < -0.4 is 10.2 Å². The highest BCUT2D eigenvalue weighted by Gasteiger charge is 2.38. The molecule has 2 amide bonds. The van der Waals surface area contributed by atoms with Crippen LogP contribution in [0.4, 0.5) is 5.69 Å². The summed E-state index contributed by atoms with van der Waals surface area (Å²) >= 11 is 0. The molecule has 1 aliphatic rings. The Morgan fingerprint density at radius 2 is 1.96 bits per heavy atom. The van der Waals surface area contributed by atoms with Crippen molar-refractivity contribution < 1.29 is 9.59 Å². The molecule has 2 aromatic rings. The Hall–Kier alpha value is -2.69. The third-order valence-electron chi connectivity index (χ3n) is 4.64. The minimum Gasteiger partial charge on any atom is -0.355 e. The summed E-state index contributed by atoms with van der Waals surface area (Å²) in [6.45, 7) is 5.07. The van der Waals surface area contributed by atoms with Crippen molar-refractivity contribution in [2.75, 3.05) is 18.0 Å². The Labute approximate surface area is 148 Å². The topological polar surface area (TPSA) is 62.3 Å². The van der Waals surface area contributed by atoms with Crippen molar-refractivity contribution in [3.63, 3.8) is 0 Å². The number of carbonyl (C=O) groups excluding carboxylic acids is 2. The van der Waals surface area contributed by atoms with E-state index in [1.807, 2.05) is 50.2 Å². The molecule has 1 N–H and O–H groups in total. The molecule has 2 heterocycles. The lowest BCUT2D eigenvalue weighted by Crippen LogP contribution is -2.38. The Bertz CT molecular complexity index is 754. The Balaban J connectivity index is 1.61. The first-order chi connectivity index (χ1) is 12.1. The van der Waals surface area contributed by atoms with Gasteiger partial charge < -0.3 is 10.2 Å². The van der Waals surface area contributed by atoms with Crippen LogP contribution in [0.5, 0.6) is 0 Å². The van der Waals surface area contributed by atoms with Crippen LogP contribution in [0.3, 0.4) is 0 Å². The summed E-state index contributed by atoms with van der Waals surface area (Å²) < 4.78 is 0. The largest absolute Gasteiger partial charge is 0.355 e. The first-order valence-corrected chi connectivity index (χ1v) is 8.63. The van der Waals surface area contributed by atoms with E-state index < -0.39 is 5.92 Å². The van der Waals surface area contributed by atoms with Crippen LogP contribution in [0.25, 0.3) is 0 Å². The molecule has 5 nitrogen and oxygen atoms in total. The average molecular weight is 337 g/mol. The van der Waals surface area contributed by atoms with E-state index in [4.69, 9.17) is 0 Å². The molecule has 5 heteroatoms. The summed E-state index contributed by atoms with van der Waals surface area (Å²) in [7, 11) is 0. The van der Waals surface area contributed by atoms with Gasteiger partial charge in [0.25, 0.3) is 0 Å². The van der Waals surface area contributed by atoms with Gasteiger partial charge in [0.1, 0.15) is 5.92 Å². The van der Waals surface area contributed by atoms with E-state index in [-0.39, 0.29) is 11.8 Å². The van der Waals surface area contributed by atoms with Crippen molar-refractivity contribution in [1.82, 2.24) is 10.3 Å². The van der Waals surface area contributed by atoms with E-state index in [1.165, 1.54) is 0 Å². The minimum atomic E-state index is -0.595. The molecular formula is C20H23N3O2. The lowest BCUT2D eigenvalue weighted by Gasteiger charge is -2.21. The van der Waals surface area contributed by atoms with Crippen molar-refractivity contribution in [1.29, 1.82) is 0 Å². The highest BCUT2D eigenvalue weighted by Crippen LogP contribution is 2.30. The lowest BCUT2D eigenvalue weighted by molar-refractivity contribution is -0.132. The maximum Gasteiger partial charge on any atom is 0.239 e. The number of hydrogen-bond acceptors (Lipinski definition) is 3. The standard InChI is InChI=1S/C20H23N3O2/c1-14-6-5-7-15(2)18(14)23-13-10-17(20(23)25)19(24)22-12-9-16-8-3-4-11-21-16/h3-8,11,17H,9-10,12-13H2,1-2H3,(H,22,24). The van der Waals surface area contributed by atoms with Crippen LogP contribution in [-0.2, 0) is 16.0 Å². The van der Waals surface area contributed by atoms with Crippen LogP contribution in [-0.4, -0.2) is 29.9 Å². The maximum absolute atomic E-state index is 12.7. The van der Waals surface area contributed by atoms with Gasteiger partial charge in [0.15, 0.2) is 0 Å². The first-order valence-electron chi connectivity index (χ1n) is 8.63. The van der Waals surface area contributed by atoms with Gasteiger partial charge in [-0.1, -0.05) is 24.3 Å². The first kappa shape index (κ1) is 17.1. The van der Waals surface area contributed by atoms with Gasteiger partial charge in [-0.15, -0.1) is 0 Å². The quantitative estimate of drug-likeness (QED) is 0.852. The molecule has 0 spiro atoms. The summed E-state index contributed by atoms with van der Waals surface area (Å²) in [6, 6.07) is 11.7. The van der Waals surface area contributed by atoms with Crippen molar-refractivity contribution in [2.24, 2.45) is 5.92 Å². The SMILES string of the molecule is Cc1cccc(C)c1N1CCC(C(=O)NCCc2ccccn2)C1=O. The second-order valence-corrected chi connectivity index (χ2v) is 6.43. The molecule has 0 radical (unpaired) electrons. The van der Waals surface area contributed by atoms with Crippen LogP contribution in [0.15, 0.2) is 42.6 Å². The molecule has 1 aromatic heterocycles. The maximum atomic E-state index is 12.7. The number of aryl methyl sites for hydroxylation is 2. The summed E-state index contributed by atoms with van der Waals surface area (Å²) in [5.41, 5.74) is 3.99. The van der Waals surface area contributed by atoms with Crippen molar-refractivity contribution >= 4 is 17.5 Å². The Morgan fingerprint density at radius 3 is 2.64 bits per heavy atom. The van der Waals surface area contributed by atoms with E-state index in [0.29, 0.717) is 25.9 Å². The predicted octanol–water partition coefficient (Wildman–Crippen LogP) is 2.41. The molecule has 1 fully saturated rings. The number of anilines is 1. The average Bonchev–Trinajstić information content (AvgIpc) is 2.97. The van der Waals surface area contributed by atoms with Crippen molar-refractivity contribution in [2.45, 2.75) is 26.7 Å². The molecular weight excluding hydrogens is 314 g/mol. The molecule has 1 aromatic carbocycles. The normalized spacial score (nSPS) is 17.0. The van der Waals surface area contributed by atoms with Crippen LogP contribution in [0, 0.1) is 19.8 Å². The van der Waals surface area contributed by atoms with Gasteiger partial charge in [0.2, 0.25) is 11.8 Å². The zero-order valence-corrected chi connectivity index (χ0v) is 14.7. The Morgan fingerprint density at radius 1 is 1.20 bits per heavy atom. The number of carbonyl (C=O) groups is 2. The highest BCUT2D eigenvalue weighted by atomic mass is 16.2.